The summed E-state index contributed by atoms with van der Waals surface area (Å²) >= 11 is 0. The van der Waals surface area contributed by atoms with Gasteiger partial charge in [-0.2, -0.15) is 0 Å². The average molecular weight is 577 g/mol. The van der Waals surface area contributed by atoms with Crippen molar-refractivity contribution in [1.29, 1.82) is 0 Å². The van der Waals surface area contributed by atoms with E-state index in [1.165, 1.54) is 103 Å². The molecule has 238 valence electrons. The van der Waals surface area contributed by atoms with E-state index < -0.39 is 0 Å². The Morgan fingerprint density at radius 1 is 0.463 bits per heavy atom. The smallest absolute Gasteiger partial charge is 0.243 e. The second-order valence-electron chi connectivity index (χ2n) is 12.1. The summed E-state index contributed by atoms with van der Waals surface area (Å²) in [6, 6.07) is 0.111. The zero-order valence-electron chi connectivity index (χ0n) is 26.3. The van der Waals surface area contributed by atoms with Gasteiger partial charge in [-0.25, -0.2) is 0 Å². The summed E-state index contributed by atoms with van der Waals surface area (Å²) in [6.07, 6.45) is 37.1. The third-order valence-corrected chi connectivity index (χ3v) is 8.04. The van der Waals surface area contributed by atoms with Crippen LogP contribution >= 0.6 is 0 Å². The van der Waals surface area contributed by atoms with E-state index in [2.05, 4.69) is 10.6 Å². The van der Waals surface area contributed by atoms with Crippen LogP contribution in [0.1, 0.15) is 161 Å². The molecule has 1 rings (SSSR count). The number of aliphatic hydroxyl groups excluding tert-OH is 2. The fourth-order valence-electron chi connectivity index (χ4n) is 5.29. The van der Waals surface area contributed by atoms with Gasteiger partial charge in [0.2, 0.25) is 11.8 Å². The standard InChI is InChI=1S/C35H64N2O4/c38-29-25-21-17-13-9-5-1-3-7-11-15-19-23-27-34(40)36-32-31-33(32)37-35(41)28-24-20-16-12-8-4-2-6-10-14-18-22-26-30-39/h23-24,27-28,32-33,38-39H,1-22,25-26,29-31H2,(H,36,40)(H,37,41)/t32-,33+. The highest BCUT2D eigenvalue weighted by molar-refractivity contribution is 5.89. The lowest BCUT2D eigenvalue weighted by atomic mass is 10.1. The molecule has 0 radical (unpaired) electrons. The summed E-state index contributed by atoms with van der Waals surface area (Å²) in [6.45, 7) is 0.657. The van der Waals surface area contributed by atoms with Crippen molar-refractivity contribution in [2.45, 2.75) is 173 Å². The Kier molecular flexibility index (Phi) is 25.9. The van der Waals surface area contributed by atoms with Gasteiger partial charge in [-0.1, -0.05) is 128 Å². The normalized spacial score (nSPS) is 16.5. The highest BCUT2D eigenvalue weighted by atomic mass is 16.3. The van der Waals surface area contributed by atoms with E-state index in [4.69, 9.17) is 10.2 Å². The summed E-state index contributed by atoms with van der Waals surface area (Å²) in [5.74, 6) is -0.112. The van der Waals surface area contributed by atoms with Crippen molar-refractivity contribution in [1.82, 2.24) is 10.6 Å². The number of carbonyl (C=O) groups excluding carboxylic acids is 2. The summed E-state index contributed by atoms with van der Waals surface area (Å²) < 4.78 is 0. The van der Waals surface area contributed by atoms with Gasteiger partial charge in [-0.15, -0.1) is 0 Å². The van der Waals surface area contributed by atoms with E-state index in [-0.39, 0.29) is 23.9 Å². The molecule has 0 aromatic heterocycles. The molecule has 1 saturated carbocycles. The first-order valence-electron chi connectivity index (χ1n) is 17.3. The molecule has 2 amide bonds. The molecule has 0 aliphatic heterocycles. The van der Waals surface area contributed by atoms with Gasteiger partial charge in [0.25, 0.3) is 0 Å². The van der Waals surface area contributed by atoms with Gasteiger partial charge in [0.1, 0.15) is 0 Å². The van der Waals surface area contributed by atoms with E-state index in [1.807, 2.05) is 12.2 Å². The molecule has 1 aliphatic rings. The van der Waals surface area contributed by atoms with Crippen LogP contribution in [-0.4, -0.2) is 47.3 Å². The van der Waals surface area contributed by atoms with Crippen molar-refractivity contribution < 1.29 is 19.8 Å². The number of hydrogen-bond donors (Lipinski definition) is 4. The highest BCUT2D eigenvalue weighted by Gasteiger charge is 2.38. The van der Waals surface area contributed by atoms with Gasteiger partial charge >= 0.3 is 0 Å². The zero-order valence-corrected chi connectivity index (χ0v) is 26.3. The molecular weight excluding hydrogens is 512 g/mol. The first kappa shape index (κ1) is 37.4. The molecule has 0 aromatic rings. The van der Waals surface area contributed by atoms with Crippen LogP contribution in [0, 0.1) is 0 Å². The van der Waals surface area contributed by atoms with Crippen LogP contribution in [0.4, 0.5) is 0 Å². The molecule has 1 aliphatic carbocycles. The summed E-state index contributed by atoms with van der Waals surface area (Å²) in [5, 5.41) is 23.5. The number of carbonyl (C=O) groups is 2. The van der Waals surface area contributed by atoms with E-state index in [1.54, 1.807) is 12.2 Å². The molecule has 0 bridgehead atoms. The highest BCUT2D eigenvalue weighted by Crippen LogP contribution is 2.21. The molecule has 4 N–H and O–H groups in total. The van der Waals surface area contributed by atoms with Crippen molar-refractivity contribution in [2.24, 2.45) is 0 Å². The number of hydrogen-bond acceptors (Lipinski definition) is 4. The molecule has 0 unspecified atom stereocenters. The Morgan fingerprint density at radius 3 is 1.02 bits per heavy atom. The van der Waals surface area contributed by atoms with Crippen LogP contribution in [-0.2, 0) is 9.59 Å². The Morgan fingerprint density at radius 2 is 0.732 bits per heavy atom. The monoisotopic (exact) mass is 576 g/mol. The van der Waals surface area contributed by atoms with Crippen LogP contribution < -0.4 is 10.6 Å². The van der Waals surface area contributed by atoms with Gasteiger partial charge in [0.05, 0.1) is 12.1 Å². The molecule has 0 aromatic carbocycles. The Bertz CT molecular complexity index is 623. The predicted octanol–water partition coefficient (Wildman–Crippen LogP) is 7.82. The van der Waals surface area contributed by atoms with Gasteiger partial charge in [0.15, 0.2) is 0 Å². The first-order valence-corrected chi connectivity index (χ1v) is 17.3. The van der Waals surface area contributed by atoms with Crippen LogP contribution in [0.25, 0.3) is 0 Å². The maximum atomic E-state index is 12.1. The van der Waals surface area contributed by atoms with Crippen LogP contribution in [0.15, 0.2) is 24.3 Å². The average Bonchev–Trinajstić information content (AvgIpc) is 3.69. The lowest BCUT2D eigenvalue weighted by molar-refractivity contribution is -0.118. The molecule has 0 saturated heterocycles. The van der Waals surface area contributed by atoms with E-state index in [0.29, 0.717) is 13.2 Å². The van der Waals surface area contributed by atoms with Crippen molar-refractivity contribution in [3.05, 3.63) is 24.3 Å². The second-order valence-corrected chi connectivity index (χ2v) is 12.1. The third kappa shape index (κ3) is 25.8. The number of amides is 2. The molecule has 1 fully saturated rings. The fraction of sp³-hybridized carbons (Fsp3) is 0.829. The van der Waals surface area contributed by atoms with Crippen LogP contribution in [0.2, 0.25) is 0 Å². The Hall–Kier alpha value is -1.66. The first-order chi connectivity index (χ1) is 20.2. The topological polar surface area (TPSA) is 98.7 Å². The van der Waals surface area contributed by atoms with Crippen molar-refractivity contribution >= 4 is 11.8 Å². The quantitative estimate of drug-likeness (QED) is 0.0517. The molecule has 0 spiro atoms. The van der Waals surface area contributed by atoms with Crippen LogP contribution in [0.3, 0.4) is 0 Å². The number of rotatable bonds is 30. The van der Waals surface area contributed by atoms with E-state index in [9.17, 15) is 9.59 Å². The largest absolute Gasteiger partial charge is 0.396 e. The molecule has 41 heavy (non-hydrogen) atoms. The maximum Gasteiger partial charge on any atom is 0.243 e. The number of nitrogens with one attached hydrogen (secondary N) is 2. The summed E-state index contributed by atoms with van der Waals surface area (Å²) in [5.41, 5.74) is 0. The molecule has 2 atom stereocenters. The minimum absolute atomic E-state index is 0.0553. The fourth-order valence-corrected chi connectivity index (χ4v) is 5.29. The van der Waals surface area contributed by atoms with Gasteiger partial charge in [0, 0.05) is 13.2 Å². The van der Waals surface area contributed by atoms with E-state index >= 15 is 0 Å². The molecule has 6 nitrogen and oxygen atoms in total. The molecule has 0 heterocycles. The summed E-state index contributed by atoms with van der Waals surface area (Å²) in [7, 11) is 0. The van der Waals surface area contributed by atoms with Gasteiger partial charge in [-0.05, 0) is 57.1 Å². The van der Waals surface area contributed by atoms with Crippen LogP contribution in [0.5, 0.6) is 0 Å². The minimum atomic E-state index is -0.0562. The lowest BCUT2D eigenvalue weighted by Gasteiger charge is -2.03. The molecule has 6 heteroatoms. The predicted molar refractivity (Wildman–Crippen MR) is 172 cm³/mol. The zero-order chi connectivity index (χ0) is 29.6. The third-order valence-electron chi connectivity index (χ3n) is 8.04. The SMILES string of the molecule is O=C(C=CCCCCCCCCCCCCCO)N[C@H]1C[C@H]1NC(=O)C=CCCCCCCCCCCCCCO. The van der Waals surface area contributed by atoms with Crippen molar-refractivity contribution in [2.75, 3.05) is 13.2 Å². The Labute approximate surface area is 252 Å². The van der Waals surface area contributed by atoms with Gasteiger partial charge < -0.3 is 20.8 Å². The number of allylic oxidation sites excluding steroid dienone is 2. The van der Waals surface area contributed by atoms with E-state index in [0.717, 1.165) is 57.8 Å². The van der Waals surface area contributed by atoms with Gasteiger partial charge in [-0.3, -0.25) is 9.59 Å². The maximum absolute atomic E-state index is 12.1. The summed E-state index contributed by atoms with van der Waals surface area (Å²) in [4.78, 5) is 24.2. The second kappa shape index (κ2) is 28.5. The van der Waals surface area contributed by atoms with Crippen molar-refractivity contribution in [3.8, 4) is 0 Å². The van der Waals surface area contributed by atoms with Crippen molar-refractivity contribution in [3.63, 3.8) is 0 Å². The lowest BCUT2D eigenvalue weighted by Crippen LogP contribution is -2.33. The Balaban J connectivity index is 1.87. The number of aliphatic hydroxyl groups is 2. The minimum Gasteiger partial charge on any atom is -0.396 e. The number of unbranched alkanes of at least 4 members (excludes halogenated alkanes) is 22. The molecular formula is C35H64N2O4.